The van der Waals surface area contributed by atoms with Crippen LogP contribution in [0.15, 0.2) is 80.7 Å². The lowest BCUT2D eigenvalue weighted by Crippen LogP contribution is -2.50. The SMILES string of the molecule is C/C(=C\C(=NC1=C(Br)C=NC1)C1CCCN(C(=O)C2COc3ccccc3O2)C1)NCc1cccnc1. The molecule has 3 aliphatic heterocycles. The van der Waals surface area contributed by atoms with Gasteiger partial charge in [0.15, 0.2) is 11.5 Å². The predicted molar refractivity (Wildman–Crippen MR) is 147 cm³/mol. The van der Waals surface area contributed by atoms with Gasteiger partial charge in [0.05, 0.1) is 16.7 Å². The Kier molecular flexibility index (Phi) is 7.99. The van der Waals surface area contributed by atoms with Gasteiger partial charge >= 0.3 is 0 Å². The minimum Gasteiger partial charge on any atom is -0.485 e. The highest BCUT2D eigenvalue weighted by Crippen LogP contribution is 2.32. The number of ether oxygens (including phenoxy) is 2. The van der Waals surface area contributed by atoms with Gasteiger partial charge in [-0.15, -0.1) is 0 Å². The maximum Gasteiger partial charge on any atom is 0.267 e. The van der Waals surface area contributed by atoms with E-state index in [1.54, 1.807) is 12.4 Å². The van der Waals surface area contributed by atoms with Crippen molar-refractivity contribution in [3.63, 3.8) is 0 Å². The molecular formula is C28H30BrN5O3. The Morgan fingerprint density at radius 1 is 1.27 bits per heavy atom. The zero-order valence-corrected chi connectivity index (χ0v) is 22.4. The van der Waals surface area contributed by atoms with Gasteiger partial charge in [0.25, 0.3) is 5.91 Å². The van der Waals surface area contributed by atoms with Crippen molar-refractivity contribution in [3.8, 4) is 11.5 Å². The number of pyridine rings is 1. The summed E-state index contributed by atoms with van der Waals surface area (Å²) in [4.78, 5) is 28.8. The molecule has 1 aromatic heterocycles. The molecule has 5 rings (SSSR count). The van der Waals surface area contributed by atoms with Gasteiger partial charge in [-0.1, -0.05) is 18.2 Å². The molecule has 1 saturated heterocycles. The monoisotopic (exact) mass is 563 g/mol. The molecule has 9 heteroatoms. The molecular weight excluding hydrogens is 534 g/mol. The zero-order chi connectivity index (χ0) is 25.6. The van der Waals surface area contributed by atoms with Gasteiger partial charge < -0.3 is 19.7 Å². The van der Waals surface area contributed by atoms with Crippen LogP contribution in [0.4, 0.5) is 0 Å². The van der Waals surface area contributed by atoms with E-state index in [1.165, 1.54) is 0 Å². The number of aliphatic imine (C=N–C) groups is 2. The Bertz CT molecular complexity index is 1260. The summed E-state index contributed by atoms with van der Waals surface area (Å²) in [5.74, 6) is 1.34. The molecule has 4 heterocycles. The average molecular weight is 564 g/mol. The van der Waals surface area contributed by atoms with Gasteiger partial charge in [-0.05, 0) is 65.5 Å². The van der Waals surface area contributed by atoms with Crippen LogP contribution < -0.4 is 14.8 Å². The number of hydrogen-bond acceptors (Lipinski definition) is 7. The van der Waals surface area contributed by atoms with Crippen molar-refractivity contribution in [1.29, 1.82) is 0 Å². The maximum atomic E-state index is 13.4. The lowest BCUT2D eigenvalue weighted by molar-refractivity contribution is -0.142. The van der Waals surface area contributed by atoms with Crippen molar-refractivity contribution in [3.05, 3.63) is 76.3 Å². The van der Waals surface area contributed by atoms with Crippen LogP contribution in [0.1, 0.15) is 25.3 Å². The third-order valence-electron chi connectivity index (χ3n) is 6.58. The first-order valence-corrected chi connectivity index (χ1v) is 13.3. The van der Waals surface area contributed by atoms with Gasteiger partial charge in [0.2, 0.25) is 6.10 Å². The fraction of sp³-hybridized carbons (Fsp3) is 0.357. The lowest BCUT2D eigenvalue weighted by atomic mass is 9.92. The first-order valence-electron chi connectivity index (χ1n) is 12.5. The minimum absolute atomic E-state index is 0.0430. The molecule has 0 aliphatic carbocycles. The summed E-state index contributed by atoms with van der Waals surface area (Å²) in [6.45, 7) is 4.75. The third kappa shape index (κ3) is 6.28. The number of aromatic nitrogens is 1. The van der Waals surface area contributed by atoms with Crippen LogP contribution in [0, 0.1) is 5.92 Å². The highest BCUT2D eigenvalue weighted by molar-refractivity contribution is 9.12. The van der Waals surface area contributed by atoms with E-state index < -0.39 is 6.10 Å². The Morgan fingerprint density at radius 2 is 2.14 bits per heavy atom. The second kappa shape index (κ2) is 11.7. The van der Waals surface area contributed by atoms with E-state index in [1.807, 2.05) is 54.4 Å². The molecule has 0 bridgehead atoms. The molecule has 1 amide bonds. The van der Waals surface area contributed by atoms with Crippen LogP contribution in [0.2, 0.25) is 0 Å². The van der Waals surface area contributed by atoms with Crippen molar-refractivity contribution in [2.45, 2.75) is 32.4 Å². The quantitative estimate of drug-likeness (QED) is 0.508. The van der Waals surface area contributed by atoms with Crippen LogP contribution in [-0.4, -0.2) is 60.1 Å². The largest absolute Gasteiger partial charge is 0.485 e. The van der Waals surface area contributed by atoms with E-state index in [2.05, 4.69) is 37.3 Å². The standard InChI is InChI=1S/C28H30BrN5O3/c1-19(32-14-20-6-4-10-30-13-20)12-23(33-24-16-31-15-22(24)29)21-7-5-11-34(17-21)28(35)27-18-36-25-8-2-3-9-26(25)37-27/h2-4,6,8-10,12-13,15,21,27,32H,5,7,11,14,16-18H2,1H3/b19-12+,33-23?. The number of piperidine rings is 1. The van der Waals surface area contributed by atoms with E-state index in [0.29, 0.717) is 37.7 Å². The number of fused-ring (bicyclic) bond motifs is 1. The molecule has 1 aromatic carbocycles. The van der Waals surface area contributed by atoms with Gasteiger partial charge in [0, 0.05) is 55.6 Å². The van der Waals surface area contributed by atoms with E-state index >= 15 is 0 Å². The molecule has 0 saturated carbocycles. The van der Waals surface area contributed by atoms with Crippen molar-refractivity contribution in [1.82, 2.24) is 15.2 Å². The molecule has 8 nitrogen and oxygen atoms in total. The summed E-state index contributed by atoms with van der Waals surface area (Å²) < 4.78 is 12.7. The summed E-state index contributed by atoms with van der Waals surface area (Å²) in [7, 11) is 0. The van der Waals surface area contributed by atoms with E-state index in [-0.39, 0.29) is 18.4 Å². The van der Waals surface area contributed by atoms with E-state index in [4.69, 9.17) is 14.5 Å². The fourth-order valence-electron chi connectivity index (χ4n) is 4.63. The zero-order valence-electron chi connectivity index (χ0n) is 20.8. The highest BCUT2D eigenvalue weighted by atomic mass is 79.9. The molecule has 2 aromatic rings. The molecule has 2 unspecified atom stereocenters. The minimum atomic E-state index is -0.646. The molecule has 1 N–H and O–H groups in total. The maximum absolute atomic E-state index is 13.4. The number of likely N-dealkylation sites (tertiary alicyclic amines) is 1. The van der Waals surface area contributed by atoms with Crippen molar-refractivity contribution < 1.29 is 14.3 Å². The van der Waals surface area contributed by atoms with Gasteiger partial charge in [-0.2, -0.15) is 0 Å². The molecule has 0 radical (unpaired) electrons. The van der Waals surface area contributed by atoms with Crippen LogP contribution in [0.5, 0.6) is 11.5 Å². The normalized spacial score (nSPS) is 21.8. The first-order chi connectivity index (χ1) is 18.1. The molecule has 192 valence electrons. The number of nitrogens with zero attached hydrogens (tertiary/aromatic N) is 4. The number of amides is 1. The number of nitrogens with one attached hydrogen (secondary N) is 1. The van der Waals surface area contributed by atoms with Gasteiger partial charge in [-0.3, -0.25) is 19.8 Å². The summed E-state index contributed by atoms with van der Waals surface area (Å²) >= 11 is 3.57. The molecule has 0 spiro atoms. The number of carbonyl (C=O) groups excluding carboxylic acids is 1. The second-order valence-electron chi connectivity index (χ2n) is 9.33. The predicted octanol–water partition coefficient (Wildman–Crippen LogP) is 4.29. The van der Waals surface area contributed by atoms with E-state index in [9.17, 15) is 4.79 Å². The topological polar surface area (TPSA) is 88.4 Å². The van der Waals surface area contributed by atoms with E-state index in [0.717, 1.165) is 40.0 Å². The molecule has 3 aliphatic rings. The van der Waals surface area contributed by atoms with Crippen LogP contribution in [0.25, 0.3) is 0 Å². The number of hydrogen-bond donors (Lipinski definition) is 1. The van der Waals surface area contributed by atoms with Crippen LogP contribution >= 0.6 is 15.9 Å². The van der Waals surface area contributed by atoms with Crippen molar-refractivity contribution in [2.75, 3.05) is 26.2 Å². The number of benzene rings is 1. The fourth-order valence-corrected chi connectivity index (χ4v) is 4.99. The number of para-hydroxylation sites is 2. The summed E-state index contributed by atoms with van der Waals surface area (Å²) in [6, 6.07) is 11.4. The second-order valence-corrected chi connectivity index (χ2v) is 10.2. The Hall–Kier alpha value is -3.46. The molecule has 37 heavy (non-hydrogen) atoms. The average Bonchev–Trinajstić information content (AvgIpc) is 3.35. The first kappa shape index (κ1) is 25.2. The summed E-state index contributed by atoms with van der Waals surface area (Å²) in [5.41, 5.74) is 3.95. The number of halogens is 1. The van der Waals surface area contributed by atoms with Crippen LogP contribution in [-0.2, 0) is 11.3 Å². The summed E-state index contributed by atoms with van der Waals surface area (Å²) in [6.07, 6.45) is 8.71. The van der Waals surface area contributed by atoms with Crippen molar-refractivity contribution >= 4 is 33.8 Å². The Labute approximate surface area is 225 Å². The number of rotatable bonds is 7. The van der Waals surface area contributed by atoms with Crippen LogP contribution in [0.3, 0.4) is 0 Å². The Morgan fingerprint density at radius 3 is 2.92 bits per heavy atom. The number of allylic oxidation sites excluding steroid dienone is 3. The number of carbonyl (C=O) groups is 1. The third-order valence-corrected chi connectivity index (χ3v) is 7.24. The highest BCUT2D eigenvalue weighted by Gasteiger charge is 2.34. The van der Waals surface area contributed by atoms with Gasteiger partial charge in [-0.25, -0.2) is 0 Å². The lowest BCUT2D eigenvalue weighted by Gasteiger charge is -2.36. The van der Waals surface area contributed by atoms with Gasteiger partial charge in [0.1, 0.15) is 6.61 Å². The molecule has 2 atom stereocenters. The van der Waals surface area contributed by atoms with Crippen molar-refractivity contribution in [2.24, 2.45) is 15.9 Å². The smallest absolute Gasteiger partial charge is 0.267 e. The summed E-state index contributed by atoms with van der Waals surface area (Å²) in [5, 5.41) is 3.46. The Balaban J connectivity index is 1.31. The molecule has 1 fully saturated rings.